The molecule has 4 atom stereocenters. The summed E-state index contributed by atoms with van der Waals surface area (Å²) < 4.78 is 23.0. The minimum atomic E-state index is -1.32. The lowest BCUT2D eigenvalue weighted by atomic mass is 9.89. The maximum atomic E-state index is 11.0. The monoisotopic (exact) mass is 318 g/mol. The average molecular weight is 318 g/mol. The lowest BCUT2D eigenvalue weighted by Crippen LogP contribution is -2.50. The van der Waals surface area contributed by atoms with Gasteiger partial charge in [-0.05, 0) is 19.4 Å². The summed E-state index contributed by atoms with van der Waals surface area (Å²) in [6.07, 6.45) is 3.71. The quantitative estimate of drug-likeness (QED) is 0.840. The van der Waals surface area contributed by atoms with Gasteiger partial charge in [-0.25, -0.2) is 0 Å². The Morgan fingerprint density at radius 1 is 1.26 bits per heavy atom. The van der Waals surface area contributed by atoms with E-state index in [1.807, 2.05) is 30.3 Å². The summed E-state index contributed by atoms with van der Waals surface area (Å²) in [6.45, 7) is 4.22. The topological polar surface area (TPSA) is 57.2 Å². The molecular formula is C18H22O5. The summed E-state index contributed by atoms with van der Waals surface area (Å²) in [5.74, 6) is 1.71. The molecule has 5 nitrogen and oxygen atoms in total. The number of benzene rings is 1. The Balaban J connectivity index is 1.64. The van der Waals surface area contributed by atoms with Crippen molar-refractivity contribution in [1.29, 1.82) is 0 Å². The fraction of sp³-hybridized carbons (Fsp3) is 0.556. The van der Waals surface area contributed by atoms with Crippen molar-refractivity contribution in [3.8, 4) is 12.3 Å². The molecule has 0 saturated carbocycles. The highest BCUT2D eigenvalue weighted by Crippen LogP contribution is 2.44. The van der Waals surface area contributed by atoms with Crippen LogP contribution < -0.4 is 0 Å². The maximum absolute atomic E-state index is 11.0. The first-order valence-electron chi connectivity index (χ1n) is 7.73. The third-order valence-electron chi connectivity index (χ3n) is 4.17. The number of rotatable bonds is 5. The summed E-state index contributed by atoms with van der Waals surface area (Å²) in [5, 5.41) is 11.0. The van der Waals surface area contributed by atoms with Gasteiger partial charge in [0.15, 0.2) is 12.1 Å². The normalized spacial score (nSPS) is 35.0. The second-order valence-corrected chi connectivity index (χ2v) is 6.42. The zero-order valence-electron chi connectivity index (χ0n) is 13.4. The highest BCUT2D eigenvalue weighted by atomic mass is 16.8. The van der Waals surface area contributed by atoms with Crippen LogP contribution >= 0.6 is 0 Å². The lowest BCUT2D eigenvalue weighted by Gasteiger charge is -2.32. The number of hydrogen-bond acceptors (Lipinski definition) is 5. The minimum absolute atomic E-state index is 0.118. The molecule has 2 heterocycles. The van der Waals surface area contributed by atoms with Crippen molar-refractivity contribution in [3.05, 3.63) is 35.9 Å². The molecule has 1 N–H and O–H groups in total. The number of fused-ring (bicyclic) bond motifs is 1. The smallest absolute Gasteiger partial charge is 0.190 e. The summed E-state index contributed by atoms with van der Waals surface area (Å²) >= 11 is 0. The van der Waals surface area contributed by atoms with Crippen LogP contribution in [0.5, 0.6) is 0 Å². The van der Waals surface area contributed by atoms with Gasteiger partial charge in [0.2, 0.25) is 0 Å². The summed E-state index contributed by atoms with van der Waals surface area (Å²) in [4.78, 5) is 0. The molecule has 2 fully saturated rings. The van der Waals surface area contributed by atoms with Crippen LogP contribution in [0.1, 0.15) is 25.8 Å². The highest BCUT2D eigenvalue weighted by Gasteiger charge is 2.62. The molecular weight excluding hydrogens is 296 g/mol. The Hall–Kier alpha value is -1.42. The van der Waals surface area contributed by atoms with Gasteiger partial charge in [0.25, 0.3) is 0 Å². The first-order chi connectivity index (χ1) is 10.9. The molecule has 2 aliphatic heterocycles. The molecule has 5 heteroatoms. The van der Waals surface area contributed by atoms with E-state index < -0.39 is 29.9 Å². The maximum Gasteiger partial charge on any atom is 0.190 e. The van der Waals surface area contributed by atoms with E-state index in [1.165, 1.54) is 0 Å². The molecule has 0 aromatic heterocycles. The van der Waals surface area contributed by atoms with E-state index in [0.29, 0.717) is 6.61 Å². The van der Waals surface area contributed by atoms with Crippen LogP contribution in [0.2, 0.25) is 0 Å². The van der Waals surface area contributed by atoms with Gasteiger partial charge in [0.1, 0.15) is 17.8 Å². The zero-order valence-corrected chi connectivity index (χ0v) is 13.4. The first kappa shape index (κ1) is 16.4. The molecule has 23 heavy (non-hydrogen) atoms. The van der Waals surface area contributed by atoms with Crippen LogP contribution in [-0.4, -0.2) is 41.6 Å². The van der Waals surface area contributed by atoms with Crippen molar-refractivity contribution in [2.24, 2.45) is 0 Å². The Labute approximate surface area is 136 Å². The molecule has 0 radical (unpaired) electrons. The molecule has 0 spiro atoms. The molecule has 2 saturated heterocycles. The van der Waals surface area contributed by atoms with Crippen LogP contribution in [0.15, 0.2) is 30.3 Å². The first-order valence-corrected chi connectivity index (χ1v) is 7.73. The molecule has 0 bridgehead atoms. The van der Waals surface area contributed by atoms with Gasteiger partial charge in [0, 0.05) is 6.42 Å². The standard InChI is InChI=1S/C18H22O5/c1-4-10-18(19)14(12-20-11-13-8-6-5-7-9-13)21-16-15(18)22-17(2,3)23-16/h1,5-9,14-16,19H,10-12H2,2-3H3/t14-,15+,16-,18-/m1/s1. The molecule has 124 valence electrons. The minimum Gasteiger partial charge on any atom is -0.383 e. The predicted octanol–water partition coefficient (Wildman–Crippen LogP) is 1.83. The molecule has 0 aliphatic carbocycles. The van der Waals surface area contributed by atoms with Crippen LogP contribution in [0, 0.1) is 12.3 Å². The summed E-state index contributed by atoms with van der Waals surface area (Å²) in [5.41, 5.74) is -0.260. The van der Waals surface area contributed by atoms with Crippen LogP contribution in [0.25, 0.3) is 0 Å². The van der Waals surface area contributed by atoms with Crippen molar-refractivity contribution < 1.29 is 24.1 Å². The second kappa shape index (κ2) is 6.23. The second-order valence-electron chi connectivity index (χ2n) is 6.42. The van der Waals surface area contributed by atoms with Gasteiger partial charge in [0.05, 0.1) is 13.2 Å². The van der Waals surface area contributed by atoms with Crippen molar-refractivity contribution in [1.82, 2.24) is 0 Å². The van der Waals surface area contributed by atoms with Gasteiger partial charge in [-0.15, -0.1) is 12.3 Å². The largest absolute Gasteiger partial charge is 0.383 e. The highest BCUT2D eigenvalue weighted by molar-refractivity contribution is 5.14. The predicted molar refractivity (Wildman–Crippen MR) is 83.2 cm³/mol. The zero-order chi connectivity index (χ0) is 16.5. The Morgan fingerprint density at radius 2 is 2.00 bits per heavy atom. The van der Waals surface area contributed by atoms with Crippen molar-refractivity contribution in [3.63, 3.8) is 0 Å². The molecule has 0 unspecified atom stereocenters. The summed E-state index contributed by atoms with van der Waals surface area (Å²) in [7, 11) is 0. The third kappa shape index (κ3) is 3.27. The Bertz CT molecular complexity index is 579. The van der Waals surface area contributed by atoms with Crippen LogP contribution in [0.3, 0.4) is 0 Å². The van der Waals surface area contributed by atoms with Gasteiger partial charge >= 0.3 is 0 Å². The van der Waals surface area contributed by atoms with E-state index in [2.05, 4.69) is 5.92 Å². The van der Waals surface area contributed by atoms with E-state index >= 15 is 0 Å². The van der Waals surface area contributed by atoms with Gasteiger partial charge < -0.3 is 24.1 Å². The number of ether oxygens (including phenoxy) is 4. The Kier molecular flexibility index (Phi) is 4.45. The SMILES string of the molecule is C#CC[C@@]1(O)[C@@H](COCc2ccccc2)O[C@@H]2OC(C)(C)O[C@@H]21. The van der Waals surface area contributed by atoms with Crippen molar-refractivity contribution >= 4 is 0 Å². The molecule has 1 aromatic rings. The molecule has 2 aliphatic rings. The van der Waals surface area contributed by atoms with Gasteiger partial charge in [-0.2, -0.15) is 0 Å². The van der Waals surface area contributed by atoms with Crippen molar-refractivity contribution in [2.75, 3.05) is 6.61 Å². The fourth-order valence-electron chi connectivity index (χ4n) is 3.05. The number of aliphatic hydroxyl groups is 1. The van der Waals surface area contributed by atoms with E-state index in [9.17, 15) is 5.11 Å². The van der Waals surface area contributed by atoms with E-state index in [0.717, 1.165) is 5.56 Å². The van der Waals surface area contributed by atoms with Crippen LogP contribution in [-0.2, 0) is 25.6 Å². The van der Waals surface area contributed by atoms with Crippen LogP contribution in [0.4, 0.5) is 0 Å². The Morgan fingerprint density at radius 3 is 2.70 bits per heavy atom. The molecule has 3 rings (SSSR count). The van der Waals surface area contributed by atoms with Gasteiger partial charge in [-0.1, -0.05) is 30.3 Å². The number of terminal acetylenes is 1. The third-order valence-corrected chi connectivity index (χ3v) is 4.17. The van der Waals surface area contributed by atoms with Gasteiger partial charge in [-0.3, -0.25) is 0 Å². The van der Waals surface area contributed by atoms with E-state index in [1.54, 1.807) is 13.8 Å². The average Bonchev–Trinajstić information content (AvgIpc) is 2.93. The lowest BCUT2D eigenvalue weighted by molar-refractivity contribution is -0.235. The fourth-order valence-corrected chi connectivity index (χ4v) is 3.05. The molecule has 1 aromatic carbocycles. The van der Waals surface area contributed by atoms with Crippen molar-refractivity contribution in [2.45, 2.75) is 56.8 Å². The molecule has 0 amide bonds. The summed E-state index contributed by atoms with van der Waals surface area (Å²) in [6, 6.07) is 9.81. The van der Waals surface area contributed by atoms with E-state index in [-0.39, 0.29) is 13.0 Å². The number of hydrogen-bond donors (Lipinski definition) is 1. The van der Waals surface area contributed by atoms with E-state index in [4.69, 9.17) is 25.4 Å².